The SMILES string of the molecule is COc1cccc(Cc2nn(C)c3c2CCN3)c1. The summed E-state index contributed by atoms with van der Waals surface area (Å²) >= 11 is 0. The molecular weight excluding hydrogens is 226 g/mol. The van der Waals surface area contributed by atoms with Gasteiger partial charge in [0, 0.05) is 25.6 Å². The van der Waals surface area contributed by atoms with Crippen LogP contribution in [0.3, 0.4) is 0 Å². The van der Waals surface area contributed by atoms with Gasteiger partial charge in [0.2, 0.25) is 0 Å². The van der Waals surface area contributed by atoms with Crippen molar-refractivity contribution in [2.24, 2.45) is 7.05 Å². The minimum atomic E-state index is 0.863. The van der Waals surface area contributed by atoms with E-state index in [1.165, 1.54) is 22.6 Å². The third-order valence-corrected chi connectivity index (χ3v) is 3.40. The van der Waals surface area contributed by atoms with Crippen LogP contribution in [0.4, 0.5) is 5.82 Å². The molecule has 0 atom stereocenters. The maximum Gasteiger partial charge on any atom is 0.127 e. The van der Waals surface area contributed by atoms with Crippen LogP contribution in [0.25, 0.3) is 0 Å². The quantitative estimate of drug-likeness (QED) is 0.896. The van der Waals surface area contributed by atoms with E-state index in [4.69, 9.17) is 4.74 Å². The summed E-state index contributed by atoms with van der Waals surface area (Å²) in [6.07, 6.45) is 1.94. The molecule has 4 heteroatoms. The van der Waals surface area contributed by atoms with E-state index in [1.807, 2.05) is 23.9 Å². The third-order valence-electron chi connectivity index (χ3n) is 3.40. The molecule has 1 aromatic heterocycles. The molecule has 0 amide bonds. The summed E-state index contributed by atoms with van der Waals surface area (Å²) < 4.78 is 7.19. The molecule has 1 N–H and O–H groups in total. The van der Waals surface area contributed by atoms with Gasteiger partial charge in [-0.05, 0) is 24.1 Å². The van der Waals surface area contributed by atoms with Gasteiger partial charge in [0.05, 0.1) is 12.8 Å². The number of aryl methyl sites for hydroxylation is 1. The molecule has 0 unspecified atom stereocenters. The van der Waals surface area contributed by atoms with Gasteiger partial charge in [-0.2, -0.15) is 5.10 Å². The largest absolute Gasteiger partial charge is 0.497 e. The van der Waals surface area contributed by atoms with E-state index in [2.05, 4.69) is 22.5 Å². The molecule has 2 aromatic rings. The number of nitrogens with zero attached hydrogens (tertiary/aromatic N) is 2. The van der Waals surface area contributed by atoms with Gasteiger partial charge in [0.15, 0.2) is 0 Å². The predicted molar refractivity (Wildman–Crippen MR) is 71.2 cm³/mol. The molecule has 1 aromatic carbocycles. The fourth-order valence-corrected chi connectivity index (χ4v) is 2.53. The lowest BCUT2D eigenvalue weighted by Crippen LogP contribution is -2.02. The number of methoxy groups -OCH3 is 1. The number of fused-ring (bicyclic) bond motifs is 1. The average molecular weight is 243 g/mol. The van der Waals surface area contributed by atoms with Crippen LogP contribution in [0.5, 0.6) is 5.75 Å². The summed E-state index contributed by atoms with van der Waals surface area (Å²) in [7, 11) is 3.69. The fourth-order valence-electron chi connectivity index (χ4n) is 2.53. The van der Waals surface area contributed by atoms with Crippen LogP contribution < -0.4 is 10.1 Å². The molecule has 0 saturated heterocycles. The van der Waals surface area contributed by atoms with Crippen LogP contribution in [-0.4, -0.2) is 23.4 Å². The lowest BCUT2D eigenvalue weighted by atomic mass is 10.1. The minimum absolute atomic E-state index is 0.863. The Bertz CT molecular complexity index is 574. The predicted octanol–water partition coefficient (Wildman–Crippen LogP) is 1.99. The zero-order chi connectivity index (χ0) is 12.5. The van der Waals surface area contributed by atoms with E-state index >= 15 is 0 Å². The molecule has 0 saturated carbocycles. The Balaban J connectivity index is 1.90. The summed E-state index contributed by atoms with van der Waals surface area (Å²) in [5, 5.41) is 7.97. The summed E-state index contributed by atoms with van der Waals surface area (Å²) in [6, 6.07) is 8.18. The molecule has 4 nitrogen and oxygen atoms in total. The van der Waals surface area contributed by atoms with Crippen LogP contribution in [0.1, 0.15) is 16.8 Å². The van der Waals surface area contributed by atoms with Crippen molar-refractivity contribution in [2.75, 3.05) is 19.0 Å². The second-order valence-electron chi connectivity index (χ2n) is 4.60. The molecule has 0 aliphatic carbocycles. The number of hydrogen-bond donors (Lipinski definition) is 1. The van der Waals surface area contributed by atoms with Crippen LogP contribution >= 0.6 is 0 Å². The molecule has 3 rings (SSSR count). The van der Waals surface area contributed by atoms with Crippen molar-refractivity contribution in [1.82, 2.24) is 9.78 Å². The Morgan fingerprint density at radius 3 is 3.17 bits per heavy atom. The lowest BCUT2D eigenvalue weighted by Gasteiger charge is -2.03. The highest BCUT2D eigenvalue weighted by Crippen LogP contribution is 2.27. The van der Waals surface area contributed by atoms with E-state index in [0.29, 0.717) is 0 Å². The summed E-state index contributed by atoms with van der Waals surface area (Å²) in [5.41, 5.74) is 3.77. The van der Waals surface area contributed by atoms with Gasteiger partial charge in [-0.3, -0.25) is 4.68 Å². The van der Waals surface area contributed by atoms with Crippen LogP contribution in [0.2, 0.25) is 0 Å². The normalized spacial score (nSPS) is 13.2. The molecule has 94 valence electrons. The van der Waals surface area contributed by atoms with Gasteiger partial charge >= 0.3 is 0 Å². The maximum atomic E-state index is 5.25. The Kier molecular flexibility index (Phi) is 2.70. The zero-order valence-corrected chi connectivity index (χ0v) is 10.7. The topological polar surface area (TPSA) is 39.1 Å². The smallest absolute Gasteiger partial charge is 0.127 e. The van der Waals surface area contributed by atoms with Crippen molar-refractivity contribution < 1.29 is 4.74 Å². The molecule has 0 bridgehead atoms. The van der Waals surface area contributed by atoms with E-state index in [0.717, 1.165) is 25.1 Å². The standard InChI is InChI=1S/C14H17N3O/c1-17-14-12(6-7-15-14)13(16-17)9-10-4-3-5-11(8-10)18-2/h3-5,8,15H,6-7,9H2,1-2H3. The molecule has 0 fully saturated rings. The van der Waals surface area contributed by atoms with Crippen LogP contribution in [0, 0.1) is 0 Å². The van der Waals surface area contributed by atoms with Gasteiger partial charge in [0.25, 0.3) is 0 Å². The monoisotopic (exact) mass is 243 g/mol. The Labute approximate surface area is 107 Å². The first-order valence-corrected chi connectivity index (χ1v) is 6.19. The van der Waals surface area contributed by atoms with Crippen LogP contribution in [-0.2, 0) is 19.9 Å². The first-order valence-electron chi connectivity index (χ1n) is 6.19. The van der Waals surface area contributed by atoms with Gasteiger partial charge in [-0.25, -0.2) is 0 Å². The number of aromatic nitrogens is 2. The number of hydrogen-bond acceptors (Lipinski definition) is 3. The molecule has 2 heterocycles. The van der Waals surface area contributed by atoms with Crippen molar-refractivity contribution >= 4 is 5.82 Å². The molecule has 0 radical (unpaired) electrons. The first-order chi connectivity index (χ1) is 8.78. The second kappa shape index (κ2) is 4.37. The van der Waals surface area contributed by atoms with E-state index in [1.54, 1.807) is 7.11 Å². The molecule has 1 aliphatic rings. The number of nitrogens with one attached hydrogen (secondary N) is 1. The van der Waals surface area contributed by atoms with Gasteiger partial charge in [0.1, 0.15) is 11.6 Å². The summed E-state index contributed by atoms with van der Waals surface area (Å²) in [5.74, 6) is 2.08. The Morgan fingerprint density at radius 1 is 1.44 bits per heavy atom. The number of benzene rings is 1. The highest BCUT2D eigenvalue weighted by atomic mass is 16.5. The first kappa shape index (κ1) is 11.1. The van der Waals surface area contributed by atoms with Crippen molar-refractivity contribution in [3.05, 3.63) is 41.1 Å². The minimum Gasteiger partial charge on any atom is -0.497 e. The molecule has 0 spiro atoms. The maximum absolute atomic E-state index is 5.25. The van der Waals surface area contributed by atoms with E-state index in [9.17, 15) is 0 Å². The van der Waals surface area contributed by atoms with Gasteiger partial charge < -0.3 is 10.1 Å². The van der Waals surface area contributed by atoms with Crippen LogP contribution in [0.15, 0.2) is 24.3 Å². The van der Waals surface area contributed by atoms with Crippen molar-refractivity contribution in [3.63, 3.8) is 0 Å². The molecular formula is C14H17N3O. The molecule has 1 aliphatic heterocycles. The van der Waals surface area contributed by atoms with Crippen molar-refractivity contribution in [2.45, 2.75) is 12.8 Å². The summed E-state index contributed by atoms with van der Waals surface area (Å²) in [4.78, 5) is 0. The average Bonchev–Trinajstić information content (AvgIpc) is 2.96. The number of rotatable bonds is 3. The van der Waals surface area contributed by atoms with Gasteiger partial charge in [-0.1, -0.05) is 12.1 Å². The Morgan fingerprint density at radius 2 is 2.33 bits per heavy atom. The van der Waals surface area contributed by atoms with Gasteiger partial charge in [-0.15, -0.1) is 0 Å². The third kappa shape index (κ3) is 1.83. The van der Waals surface area contributed by atoms with E-state index < -0.39 is 0 Å². The van der Waals surface area contributed by atoms with Crippen molar-refractivity contribution in [3.8, 4) is 5.75 Å². The van der Waals surface area contributed by atoms with E-state index in [-0.39, 0.29) is 0 Å². The molecule has 18 heavy (non-hydrogen) atoms. The number of ether oxygens (including phenoxy) is 1. The summed E-state index contributed by atoms with van der Waals surface area (Å²) in [6.45, 7) is 1.02. The second-order valence-corrected chi connectivity index (χ2v) is 4.60. The Hall–Kier alpha value is -1.97. The van der Waals surface area contributed by atoms with Crippen molar-refractivity contribution in [1.29, 1.82) is 0 Å². The fraction of sp³-hybridized carbons (Fsp3) is 0.357. The number of anilines is 1. The lowest BCUT2D eigenvalue weighted by molar-refractivity contribution is 0.414. The highest BCUT2D eigenvalue weighted by Gasteiger charge is 2.20. The zero-order valence-electron chi connectivity index (χ0n) is 10.7. The highest BCUT2D eigenvalue weighted by molar-refractivity contribution is 5.53.